The molecular formula is C17H17NO2. The fourth-order valence-corrected chi connectivity index (χ4v) is 2.88. The van der Waals surface area contributed by atoms with Crippen LogP contribution in [0.3, 0.4) is 0 Å². The third-order valence-electron chi connectivity index (χ3n) is 4.23. The SMILES string of the molecule is CC1(C)C(=O)Nc2ccccc2C1(O)c1ccccc1. The minimum Gasteiger partial charge on any atom is -0.379 e. The minimum absolute atomic E-state index is 0.178. The summed E-state index contributed by atoms with van der Waals surface area (Å²) in [6.45, 7) is 3.54. The molecule has 2 N–H and O–H groups in total. The van der Waals surface area contributed by atoms with Crippen molar-refractivity contribution in [3.63, 3.8) is 0 Å². The van der Waals surface area contributed by atoms with Crippen molar-refractivity contribution < 1.29 is 9.90 Å². The summed E-state index contributed by atoms with van der Waals surface area (Å²) in [5.41, 5.74) is -0.165. The Balaban J connectivity index is 2.33. The van der Waals surface area contributed by atoms with Crippen LogP contribution >= 0.6 is 0 Å². The Morgan fingerprint density at radius 2 is 1.55 bits per heavy atom. The van der Waals surface area contributed by atoms with Gasteiger partial charge in [0, 0.05) is 11.3 Å². The van der Waals surface area contributed by atoms with E-state index in [0.29, 0.717) is 5.69 Å². The minimum atomic E-state index is -1.34. The van der Waals surface area contributed by atoms with E-state index in [4.69, 9.17) is 0 Å². The average molecular weight is 267 g/mol. The van der Waals surface area contributed by atoms with Gasteiger partial charge in [0.25, 0.3) is 0 Å². The van der Waals surface area contributed by atoms with Crippen LogP contribution in [0.15, 0.2) is 54.6 Å². The Hall–Kier alpha value is -2.13. The van der Waals surface area contributed by atoms with E-state index in [1.165, 1.54) is 0 Å². The van der Waals surface area contributed by atoms with E-state index in [1.807, 2.05) is 54.6 Å². The number of para-hydroxylation sites is 1. The van der Waals surface area contributed by atoms with Gasteiger partial charge in [-0.25, -0.2) is 0 Å². The summed E-state index contributed by atoms with van der Waals surface area (Å²) in [7, 11) is 0. The molecule has 3 rings (SSSR count). The lowest BCUT2D eigenvalue weighted by molar-refractivity contribution is -0.138. The summed E-state index contributed by atoms with van der Waals surface area (Å²) >= 11 is 0. The van der Waals surface area contributed by atoms with E-state index in [9.17, 15) is 9.90 Å². The third-order valence-corrected chi connectivity index (χ3v) is 4.23. The second-order valence-corrected chi connectivity index (χ2v) is 5.70. The monoisotopic (exact) mass is 267 g/mol. The van der Waals surface area contributed by atoms with Crippen molar-refractivity contribution in [3.8, 4) is 0 Å². The maximum absolute atomic E-state index is 12.4. The van der Waals surface area contributed by atoms with Crippen LogP contribution in [-0.2, 0) is 10.4 Å². The predicted molar refractivity (Wildman–Crippen MR) is 78.3 cm³/mol. The van der Waals surface area contributed by atoms with Gasteiger partial charge in [-0.3, -0.25) is 4.79 Å². The zero-order chi connectivity index (χ0) is 14.4. The fraction of sp³-hybridized carbons (Fsp3) is 0.235. The normalized spacial score (nSPS) is 23.9. The summed E-state index contributed by atoms with van der Waals surface area (Å²) in [6.07, 6.45) is 0. The van der Waals surface area contributed by atoms with Crippen LogP contribution in [0, 0.1) is 5.41 Å². The number of aliphatic hydroxyl groups is 1. The standard InChI is InChI=1S/C17H17NO2/c1-16(2)15(19)18-14-11-7-6-10-13(14)17(16,20)12-8-4-3-5-9-12/h3-11,20H,1-2H3,(H,18,19). The lowest BCUT2D eigenvalue weighted by Crippen LogP contribution is -2.53. The number of nitrogens with one attached hydrogen (secondary N) is 1. The maximum Gasteiger partial charge on any atom is 0.233 e. The van der Waals surface area contributed by atoms with Gasteiger partial charge in [0.05, 0.1) is 5.41 Å². The first kappa shape index (κ1) is 12.9. The van der Waals surface area contributed by atoms with Gasteiger partial charge in [-0.05, 0) is 25.5 Å². The number of amides is 1. The molecule has 0 bridgehead atoms. The molecule has 1 heterocycles. The van der Waals surface area contributed by atoms with Crippen molar-refractivity contribution in [1.29, 1.82) is 0 Å². The molecule has 0 saturated carbocycles. The Kier molecular flexibility index (Phi) is 2.69. The second-order valence-electron chi connectivity index (χ2n) is 5.70. The molecule has 0 aromatic heterocycles. The van der Waals surface area contributed by atoms with Crippen LogP contribution in [0.1, 0.15) is 25.0 Å². The molecule has 20 heavy (non-hydrogen) atoms. The summed E-state index contributed by atoms with van der Waals surface area (Å²) in [5, 5.41) is 14.3. The molecule has 3 nitrogen and oxygen atoms in total. The number of carbonyl (C=O) groups excluding carboxylic acids is 1. The Bertz CT molecular complexity index is 664. The number of anilines is 1. The van der Waals surface area contributed by atoms with E-state index < -0.39 is 11.0 Å². The first-order valence-corrected chi connectivity index (χ1v) is 6.67. The van der Waals surface area contributed by atoms with Crippen LogP contribution in [0.2, 0.25) is 0 Å². The molecule has 0 spiro atoms. The first-order valence-electron chi connectivity index (χ1n) is 6.67. The number of hydrogen-bond donors (Lipinski definition) is 2. The molecule has 1 amide bonds. The lowest BCUT2D eigenvalue weighted by Gasteiger charge is -2.46. The van der Waals surface area contributed by atoms with Gasteiger partial charge in [-0.15, -0.1) is 0 Å². The van der Waals surface area contributed by atoms with Crippen molar-refractivity contribution in [3.05, 3.63) is 65.7 Å². The molecule has 2 aromatic carbocycles. The van der Waals surface area contributed by atoms with Gasteiger partial charge in [-0.1, -0.05) is 48.5 Å². The lowest BCUT2D eigenvalue weighted by atomic mass is 9.64. The largest absolute Gasteiger partial charge is 0.379 e. The maximum atomic E-state index is 12.4. The molecule has 0 saturated heterocycles. The third kappa shape index (κ3) is 1.53. The molecule has 3 heteroatoms. The highest BCUT2D eigenvalue weighted by molar-refractivity contribution is 6.00. The highest BCUT2D eigenvalue weighted by atomic mass is 16.3. The zero-order valence-corrected chi connectivity index (χ0v) is 11.6. The average Bonchev–Trinajstić information content (AvgIpc) is 2.46. The molecular weight excluding hydrogens is 250 g/mol. The van der Waals surface area contributed by atoms with E-state index in [1.54, 1.807) is 13.8 Å². The van der Waals surface area contributed by atoms with Gasteiger partial charge >= 0.3 is 0 Å². The quantitative estimate of drug-likeness (QED) is 0.834. The van der Waals surface area contributed by atoms with E-state index in [0.717, 1.165) is 11.1 Å². The molecule has 0 fully saturated rings. The molecule has 1 aliphatic rings. The summed E-state index contributed by atoms with van der Waals surface area (Å²) in [4.78, 5) is 12.4. The fourth-order valence-electron chi connectivity index (χ4n) is 2.88. The van der Waals surface area contributed by atoms with Gasteiger partial charge in [0.1, 0.15) is 5.60 Å². The van der Waals surface area contributed by atoms with E-state index in [2.05, 4.69) is 5.32 Å². The van der Waals surface area contributed by atoms with E-state index >= 15 is 0 Å². The van der Waals surface area contributed by atoms with Gasteiger partial charge in [0.2, 0.25) is 5.91 Å². The highest BCUT2D eigenvalue weighted by Crippen LogP contribution is 2.50. The number of rotatable bonds is 1. The summed E-state index contributed by atoms with van der Waals surface area (Å²) in [6, 6.07) is 16.8. The Morgan fingerprint density at radius 1 is 0.950 bits per heavy atom. The molecule has 102 valence electrons. The van der Waals surface area contributed by atoms with E-state index in [-0.39, 0.29) is 5.91 Å². The Morgan fingerprint density at radius 3 is 2.25 bits per heavy atom. The smallest absolute Gasteiger partial charge is 0.233 e. The van der Waals surface area contributed by atoms with Crippen molar-refractivity contribution >= 4 is 11.6 Å². The molecule has 1 unspecified atom stereocenters. The van der Waals surface area contributed by atoms with Gasteiger partial charge in [-0.2, -0.15) is 0 Å². The molecule has 0 aliphatic carbocycles. The van der Waals surface area contributed by atoms with Crippen LogP contribution in [-0.4, -0.2) is 11.0 Å². The zero-order valence-electron chi connectivity index (χ0n) is 11.6. The van der Waals surface area contributed by atoms with Crippen molar-refractivity contribution in [2.24, 2.45) is 5.41 Å². The second kappa shape index (κ2) is 4.18. The van der Waals surface area contributed by atoms with Crippen LogP contribution in [0.4, 0.5) is 5.69 Å². The molecule has 1 aliphatic heterocycles. The first-order chi connectivity index (χ1) is 9.48. The molecule has 1 atom stereocenters. The number of benzene rings is 2. The van der Waals surface area contributed by atoms with Crippen molar-refractivity contribution in [2.45, 2.75) is 19.4 Å². The van der Waals surface area contributed by atoms with Gasteiger partial charge in [0.15, 0.2) is 0 Å². The van der Waals surface area contributed by atoms with Crippen LogP contribution in [0.5, 0.6) is 0 Å². The van der Waals surface area contributed by atoms with Gasteiger partial charge < -0.3 is 10.4 Å². The number of carbonyl (C=O) groups is 1. The topological polar surface area (TPSA) is 49.3 Å². The number of hydrogen-bond acceptors (Lipinski definition) is 2. The molecule has 2 aromatic rings. The van der Waals surface area contributed by atoms with Crippen LogP contribution in [0.25, 0.3) is 0 Å². The number of fused-ring (bicyclic) bond motifs is 1. The van der Waals surface area contributed by atoms with Crippen molar-refractivity contribution in [2.75, 3.05) is 5.32 Å². The van der Waals surface area contributed by atoms with Crippen molar-refractivity contribution in [1.82, 2.24) is 0 Å². The summed E-state index contributed by atoms with van der Waals surface area (Å²) < 4.78 is 0. The van der Waals surface area contributed by atoms with Crippen LogP contribution < -0.4 is 5.32 Å². The highest BCUT2D eigenvalue weighted by Gasteiger charge is 2.54. The molecule has 0 radical (unpaired) electrons. The summed E-state index contributed by atoms with van der Waals surface area (Å²) in [5.74, 6) is -0.178. The Labute approximate surface area is 118 Å². The predicted octanol–water partition coefficient (Wildman–Crippen LogP) is 2.90.